The lowest BCUT2D eigenvalue weighted by atomic mass is 10.2. The molecule has 16 heavy (non-hydrogen) atoms. The molecule has 0 aromatic carbocycles. The van der Waals surface area contributed by atoms with Gasteiger partial charge in [-0.3, -0.25) is 9.36 Å². The quantitative estimate of drug-likeness (QED) is 0.534. The van der Waals surface area contributed by atoms with Crippen LogP contribution in [0, 0.1) is 11.8 Å². The molecule has 0 rings (SSSR count). The second-order valence-corrected chi connectivity index (χ2v) is 5.84. The lowest BCUT2D eigenvalue weighted by molar-refractivity contribution is -0.118. The molecule has 1 atom stereocenters. The van der Waals surface area contributed by atoms with Gasteiger partial charge in [0.25, 0.3) is 0 Å². The summed E-state index contributed by atoms with van der Waals surface area (Å²) in [4.78, 5) is 11.7. The van der Waals surface area contributed by atoms with E-state index in [4.69, 9.17) is 9.05 Å². The third-order valence-electron chi connectivity index (χ3n) is 2.25. The third kappa shape index (κ3) is 4.49. The van der Waals surface area contributed by atoms with Crippen LogP contribution in [-0.2, 0) is 18.4 Å². The standard InChI is InChI=1S/C11H19O4P/c1-5-6-7-8-9-11(12)10(2)16(13,14-3)15-4/h10H,5,8-9H2,1-4H3. The summed E-state index contributed by atoms with van der Waals surface area (Å²) in [5.41, 5.74) is -0.731. The number of hydrogen-bond donors (Lipinski definition) is 0. The highest BCUT2D eigenvalue weighted by atomic mass is 31.2. The number of ketones is 1. The Morgan fingerprint density at radius 3 is 2.31 bits per heavy atom. The summed E-state index contributed by atoms with van der Waals surface area (Å²) < 4.78 is 21.4. The van der Waals surface area contributed by atoms with Crippen LogP contribution < -0.4 is 0 Å². The van der Waals surface area contributed by atoms with Crippen molar-refractivity contribution >= 4 is 13.4 Å². The Labute approximate surface area is 97.2 Å². The molecule has 0 aromatic rings. The minimum absolute atomic E-state index is 0.141. The van der Waals surface area contributed by atoms with Crippen molar-refractivity contribution in [2.45, 2.75) is 38.8 Å². The van der Waals surface area contributed by atoms with E-state index in [9.17, 15) is 9.36 Å². The van der Waals surface area contributed by atoms with Gasteiger partial charge in [0.15, 0.2) is 0 Å². The van der Waals surface area contributed by atoms with Crippen molar-refractivity contribution < 1.29 is 18.4 Å². The number of rotatable bonds is 6. The maximum atomic E-state index is 11.9. The van der Waals surface area contributed by atoms with Crippen molar-refractivity contribution in [2.24, 2.45) is 0 Å². The maximum absolute atomic E-state index is 11.9. The van der Waals surface area contributed by atoms with Gasteiger partial charge in [0.2, 0.25) is 0 Å². The van der Waals surface area contributed by atoms with Gasteiger partial charge in [-0.2, -0.15) is 0 Å². The van der Waals surface area contributed by atoms with Crippen LogP contribution in [0.15, 0.2) is 0 Å². The Morgan fingerprint density at radius 1 is 1.31 bits per heavy atom. The average molecular weight is 246 g/mol. The fraction of sp³-hybridized carbons (Fsp3) is 0.727. The molecule has 0 N–H and O–H groups in total. The highest BCUT2D eigenvalue weighted by molar-refractivity contribution is 7.55. The largest absolute Gasteiger partial charge is 0.340 e. The fourth-order valence-corrected chi connectivity index (χ4v) is 2.44. The predicted octanol–water partition coefficient (Wildman–Crippen LogP) is 2.62. The van der Waals surface area contributed by atoms with Crippen molar-refractivity contribution in [3.8, 4) is 11.8 Å². The molecule has 0 saturated carbocycles. The summed E-state index contributed by atoms with van der Waals surface area (Å²) in [6.45, 7) is 3.50. The third-order valence-corrected chi connectivity index (χ3v) is 4.50. The summed E-state index contributed by atoms with van der Waals surface area (Å²) in [7, 11) is -0.716. The molecule has 0 spiro atoms. The maximum Gasteiger partial charge on any atom is 0.340 e. The van der Waals surface area contributed by atoms with E-state index in [0.717, 1.165) is 6.42 Å². The first-order valence-electron chi connectivity index (χ1n) is 5.21. The van der Waals surface area contributed by atoms with Gasteiger partial charge in [-0.1, -0.05) is 6.92 Å². The first-order chi connectivity index (χ1) is 7.51. The van der Waals surface area contributed by atoms with Crippen LogP contribution >= 0.6 is 7.60 Å². The van der Waals surface area contributed by atoms with Gasteiger partial charge in [-0.25, -0.2) is 0 Å². The Morgan fingerprint density at radius 2 is 1.88 bits per heavy atom. The van der Waals surface area contributed by atoms with Gasteiger partial charge in [-0.15, -0.1) is 11.8 Å². The molecule has 4 nitrogen and oxygen atoms in total. The van der Waals surface area contributed by atoms with Gasteiger partial charge in [0.1, 0.15) is 11.4 Å². The molecule has 0 amide bonds. The molecular weight excluding hydrogens is 227 g/mol. The van der Waals surface area contributed by atoms with E-state index in [2.05, 4.69) is 11.8 Å². The van der Waals surface area contributed by atoms with E-state index in [0.29, 0.717) is 6.42 Å². The zero-order valence-corrected chi connectivity index (χ0v) is 11.2. The monoisotopic (exact) mass is 246 g/mol. The lowest BCUT2D eigenvalue weighted by Crippen LogP contribution is -2.18. The van der Waals surface area contributed by atoms with Crippen LogP contribution in [0.2, 0.25) is 0 Å². The molecule has 0 aliphatic heterocycles. The van der Waals surface area contributed by atoms with E-state index in [1.165, 1.54) is 14.2 Å². The highest BCUT2D eigenvalue weighted by Crippen LogP contribution is 2.51. The molecule has 0 aliphatic rings. The van der Waals surface area contributed by atoms with Gasteiger partial charge >= 0.3 is 7.60 Å². The lowest BCUT2D eigenvalue weighted by Gasteiger charge is -2.19. The summed E-state index contributed by atoms with van der Waals surface area (Å²) in [6.07, 6.45) is 1.55. The molecule has 5 heteroatoms. The molecule has 0 saturated heterocycles. The van der Waals surface area contributed by atoms with Crippen LogP contribution in [0.1, 0.15) is 33.1 Å². The predicted molar refractivity (Wildman–Crippen MR) is 63.4 cm³/mol. The van der Waals surface area contributed by atoms with E-state index < -0.39 is 13.3 Å². The van der Waals surface area contributed by atoms with Gasteiger partial charge in [0, 0.05) is 33.5 Å². The number of carbonyl (C=O) groups is 1. The van der Waals surface area contributed by atoms with Crippen LogP contribution in [0.5, 0.6) is 0 Å². The van der Waals surface area contributed by atoms with E-state index in [1.807, 2.05) is 6.92 Å². The van der Waals surface area contributed by atoms with Crippen molar-refractivity contribution in [1.29, 1.82) is 0 Å². The molecule has 0 aliphatic carbocycles. The van der Waals surface area contributed by atoms with Gasteiger partial charge in [0.05, 0.1) is 0 Å². The van der Waals surface area contributed by atoms with Crippen LogP contribution in [0.3, 0.4) is 0 Å². The molecule has 0 heterocycles. The summed E-state index contributed by atoms with van der Waals surface area (Å²) in [5.74, 6) is 5.60. The number of carbonyl (C=O) groups excluding carboxylic acids is 1. The topological polar surface area (TPSA) is 52.6 Å². The van der Waals surface area contributed by atoms with Gasteiger partial charge < -0.3 is 9.05 Å². The number of Topliss-reactive ketones (excluding diaryl/α,β-unsaturated/α-hetero) is 1. The van der Waals surface area contributed by atoms with Crippen molar-refractivity contribution in [1.82, 2.24) is 0 Å². The Kier molecular flexibility index (Phi) is 7.33. The van der Waals surface area contributed by atoms with Crippen molar-refractivity contribution in [3.05, 3.63) is 0 Å². The SMILES string of the molecule is CCC#CCCC(=O)C(C)P(=O)(OC)OC. The van der Waals surface area contributed by atoms with Crippen LogP contribution in [0.4, 0.5) is 0 Å². The average Bonchev–Trinajstić information content (AvgIpc) is 2.32. The summed E-state index contributed by atoms with van der Waals surface area (Å²) in [5, 5.41) is 0. The minimum Gasteiger partial charge on any atom is -0.311 e. The van der Waals surface area contributed by atoms with E-state index in [-0.39, 0.29) is 12.2 Å². The Hall–Kier alpha value is -0.620. The minimum atomic E-state index is -3.28. The van der Waals surface area contributed by atoms with E-state index in [1.54, 1.807) is 6.92 Å². The van der Waals surface area contributed by atoms with Crippen LogP contribution in [-0.4, -0.2) is 25.7 Å². The zero-order valence-electron chi connectivity index (χ0n) is 10.3. The zero-order chi connectivity index (χ0) is 12.6. The second kappa shape index (κ2) is 7.62. The molecule has 0 bridgehead atoms. The molecule has 0 fully saturated rings. The smallest absolute Gasteiger partial charge is 0.311 e. The van der Waals surface area contributed by atoms with Gasteiger partial charge in [-0.05, 0) is 6.92 Å². The molecule has 1 unspecified atom stereocenters. The number of hydrogen-bond acceptors (Lipinski definition) is 4. The Balaban J connectivity index is 4.33. The molecule has 92 valence electrons. The Bertz CT molecular complexity index is 319. The fourth-order valence-electron chi connectivity index (χ4n) is 1.18. The van der Waals surface area contributed by atoms with Crippen LogP contribution in [0.25, 0.3) is 0 Å². The van der Waals surface area contributed by atoms with Crippen molar-refractivity contribution in [2.75, 3.05) is 14.2 Å². The molecule has 0 aromatic heterocycles. The van der Waals surface area contributed by atoms with Crippen molar-refractivity contribution in [3.63, 3.8) is 0 Å². The summed E-state index contributed by atoms with van der Waals surface area (Å²) >= 11 is 0. The normalized spacial score (nSPS) is 12.8. The second-order valence-electron chi connectivity index (χ2n) is 3.25. The molecule has 0 radical (unpaired) electrons. The molecular formula is C11H19O4P. The first-order valence-corrected chi connectivity index (χ1v) is 6.82. The summed E-state index contributed by atoms with van der Waals surface area (Å²) in [6, 6.07) is 0. The highest BCUT2D eigenvalue weighted by Gasteiger charge is 2.34. The van der Waals surface area contributed by atoms with E-state index >= 15 is 0 Å². The first kappa shape index (κ1) is 15.4.